The van der Waals surface area contributed by atoms with Crippen molar-refractivity contribution in [1.29, 1.82) is 0 Å². The Bertz CT molecular complexity index is 3300. The van der Waals surface area contributed by atoms with E-state index < -0.39 is 0 Å². The number of aromatic nitrogens is 2. The Hall–Kier alpha value is -6.84. The summed E-state index contributed by atoms with van der Waals surface area (Å²) in [6.07, 6.45) is 0. The molecule has 0 amide bonds. The van der Waals surface area contributed by atoms with Crippen molar-refractivity contribution in [3.8, 4) is 33.6 Å². The maximum absolute atomic E-state index is 6.57. The van der Waals surface area contributed by atoms with Crippen LogP contribution in [0.5, 0.6) is 0 Å². The van der Waals surface area contributed by atoms with E-state index in [1.807, 2.05) is 0 Å². The first-order chi connectivity index (χ1) is 26.5. The minimum atomic E-state index is -0.0840. The molecule has 0 spiro atoms. The van der Waals surface area contributed by atoms with Gasteiger partial charge in [0.2, 0.25) is 0 Å². The van der Waals surface area contributed by atoms with Gasteiger partial charge in [0.05, 0.1) is 22.1 Å². The van der Waals surface area contributed by atoms with Gasteiger partial charge in [0, 0.05) is 49.1 Å². The minimum absolute atomic E-state index is 0.0840. The first kappa shape index (κ1) is 29.7. The molecule has 1 aliphatic carbocycles. The van der Waals surface area contributed by atoms with E-state index >= 15 is 0 Å². The number of fused-ring (bicyclic) bond motifs is 12. The molecule has 3 heteroatoms. The summed E-state index contributed by atoms with van der Waals surface area (Å²) in [6, 6.07) is 62.1. The van der Waals surface area contributed by atoms with Crippen LogP contribution < -0.4 is 0 Å². The summed E-state index contributed by atoms with van der Waals surface area (Å²) < 4.78 is 11.4. The molecule has 3 nitrogen and oxygen atoms in total. The standard InChI is InChI=1S/C51H34N2O/c1-51(2)42-19-9-6-15-35(42)38-29-40-39-27-31(23-25-46(39)52(47(40)30-43(38)51)32-13-4-3-5-14-32)34-18-12-22-49-50(34)41-28-33(24-26-48(41)54-49)53-44-20-10-7-16-36(44)37-17-8-11-21-45(37)53/h3-30H,1-2H3. The molecule has 254 valence electrons. The molecule has 0 N–H and O–H groups in total. The van der Waals surface area contributed by atoms with Gasteiger partial charge in [-0.1, -0.05) is 111 Å². The normalized spacial score (nSPS) is 13.5. The van der Waals surface area contributed by atoms with E-state index in [1.165, 1.54) is 82.7 Å². The Kier molecular flexibility index (Phi) is 5.84. The van der Waals surface area contributed by atoms with Gasteiger partial charge >= 0.3 is 0 Å². The second kappa shape index (κ2) is 10.6. The first-order valence-corrected chi connectivity index (χ1v) is 18.8. The zero-order valence-electron chi connectivity index (χ0n) is 30.0. The largest absolute Gasteiger partial charge is 0.456 e. The highest BCUT2D eigenvalue weighted by Crippen LogP contribution is 2.51. The second-order valence-corrected chi connectivity index (χ2v) is 15.3. The predicted octanol–water partition coefficient (Wildman–Crippen LogP) is 13.8. The van der Waals surface area contributed by atoms with Crippen LogP contribution in [0.4, 0.5) is 0 Å². The molecule has 0 fully saturated rings. The highest BCUT2D eigenvalue weighted by molar-refractivity contribution is 6.17. The number of hydrogen-bond acceptors (Lipinski definition) is 1. The van der Waals surface area contributed by atoms with E-state index in [0.717, 1.165) is 27.6 Å². The highest BCUT2D eigenvalue weighted by atomic mass is 16.3. The van der Waals surface area contributed by atoms with Crippen molar-refractivity contribution in [2.45, 2.75) is 19.3 Å². The van der Waals surface area contributed by atoms with Gasteiger partial charge in [0.1, 0.15) is 11.2 Å². The van der Waals surface area contributed by atoms with E-state index in [1.54, 1.807) is 0 Å². The molecule has 11 aromatic rings. The highest BCUT2D eigenvalue weighted by Gasteiger charge is 2.36. The summed E-state index contributed by atoms with van der Waals surface area (Å²) >= 11 is 0. The third-order valence-corrected chi connectivity index (χ3v) is 12.1. The summed E-state index contributed by atoms with van der Waals surface area (Å²) in [5.74, 6) is 0. The Morgan fingerprint density at radius 3 is 1.87 bits per heavy atom. The quantitative estimate of drug-likeness (QED) is 0.181. The molecule has 0 bridgehead atoms. The third-order valence-electron chi connectivity index (χ3n) is 12.1. The van der Waals surface area contributed by atoms with Crippen LogP contribution in [0.3, 0.4) is 0 Å². The van der Waals surface area contributed by atoms with Crippen LogP contribution in [0.2, 0.25) is 0 Å². The van der Waals surface area contributed by atoms with Gasteiger partial charge in [-0.05, 0) is 106 Å². The SMILES string of the molecule is CC1(C)c2ccccc2-c2cc3c4cc(-c5cccc6oc7ccc(-n8c9ccccc9c9ccccc98)cc7c56)ccc4n(-c4ccccc4)c3cc21. The van der Waals surface area contributed by atoms with E-state index in [4.69, 9.17) is 4.42 Å². The number of nitrogens with zero attached hydrogens (tertiary/aromatic N) is 2. The van der Waals surface area contributed by atoms with Crippen LogP contribution in [0.25, 0.3) is 99.2 Å². The molecule has 1 aliphatic rings. The molecule has 3 heterocycles. The van der Waals surface area contributed by atoms with Crippen molar-refractivity contribution in [3.05, 3.63) is 181 Å². The molecule has 3 aromatic heterocycles. The average Bonchev–Trinajstić information content (AvgIpc) is 3.92. The lowest BCUT2D eigenvalue weighted by Crippen LogP contribution is -2.14. The smallest absolute Gasteiger partial charge is 0.136 e. The molecule has 0 aliphatic heterocycles. The molecule has 0 unspecified atom stereocenters. The summed E-state index contributed by atoms with van der Waals surface area (Å²) in [6.45, 7) is 4.72. The monoisotopic (exact) mass is 690 g/mol. The van der Waals surface area contributed by atoms with Crippen molar-refractivity contribution >= 4 is 65.6 Å². The fraction of sp³-hybridized carbons (Fsp3) is 0.0588. The summed E-state index contributed by atoms with van der Waals surface area (Å²) in [5, 5.41) is 7.27. The average molecular weight is 691 g/mol. The molecule has 8 aromatic carbocycles. The third kappa shape index (κ3) is 3.91. The summed E-state index contributed by atoms with van der Waals surface area (Å²) in [5.41, 5.74) is 16.6. The molecule has 0 saturated carbocycles. The van der Waals surface area contributed by atoms with Crippen molar-refractivity contribution < 1.29 is 4.42 Å². The summed E-state index contributed by atoms with van der Waals surface area (Å²) in [7, 11) is 0. The van der Waals surface area contributed by atoms with E-state index in [9.17, 15) is 0 Å². The van der Waals surface area contributed by atoms with E-state index in [2.05, 4.69) is 193 Å². The molecule has 0 atom stereocenters. The molecule has 54 heavy (non-hydrogen) atoms. The topological polar surface area (TPSA) is 23.0 Å². The van der Waals surface area contributed by atoms with Gasteiger partial charge in [0.25, 0.3) is 0 Å². The van der Waals surface area contributed by atoms with Crippen LogP contribution in [0.15, 0.2) is 174 Å². The van der Waals surface area contributed by atoms with Gasteiger partial charge in [-0.15, -0.1) is 0 Å². The minimum Gasteiger partial charge on any atom is -0.456 e. The number of benzene rings is 8. The zero-order valence-corrected chi connectivity index (χ0v) is 30.0. The second-order valence-electron chi connectivity index (χ2n) is 15.3. The van der Waals surface area contributed by atoms with Crippen molar-refractivity contribution in [3.63, 3.8) is 0 Å². The van der Waals surface area contributed by atoms with Crippen LogP contribution in [0.1, 0.15) is 25.0 Å². The van der Waals surface area contributed by atoms with Crippen LogP contribution >= 0.6 is 0 Å². The molecule has 0 radical (unpaired) electrons. The van der Waals surface area contributed by atoms with Crippen LogP contribution in [-0.4, -0.2) is 9.13 Å². The van der Waals surface area contributed by atoms with E-state index in [-0.39, 0.29) is 5.41 Å². The van der Waals surface area contributed by atoms with Gasteiger partial charge in [-0.25, -0.2) is 0 Å². The number of furan rings is 1. The maximum atomic E-state index is 6.57. The van der Waals surface area contributed by atoms with Crippen molar-refractivity contribution in [2.75, 3.05) is 0 Å². The zero-order chi connectivity index (χ0) is 35.7. The summed E-state index contributed by atoms with van der Waals surface area (Å²) in [4.78, 5) is 0. The molecule has 12 rings (SSSR count). The van der Waals surface area contributed by atoms with Gasteiger partial charge < -0.3 is 13.6 Å². The predicted molar refractivity (Wildman–Crippen MR) is 225 cm³/mol. The van der Waals surface area contributed by atoms with E-state index in [0.29, 0.717) is 0 Å². The lowest BCUT2D eigenvalue weighted by atomic mass is 9.82. The number of hydrogen-bond donors (Lipinski definition) is 0. The van der Waals surface area contributed by atoms with Crippen LogP contribution in [-0.2, 0) is 5.41 Å². The van der Waals surface area contributed by atoms with Gasteiger partial charge in [-0.2, -0.15) is 0 Å². The fourth-order valence-electron chi connectivity index (χ4n) is 9.63. The Morgan fingerprint density at radius 1 is 0.389 bits per heavy atom. The first-order valence-electron chi connectivity index (χ1n) is 18.8. The Morgan fingerprint density at radius 2 is 1.06 bits per heavy atom. The molecular formula is C51H34N2O. The molecule has 0 saturated heterocycles. The molecular weight excluding hydrogens is 657 g/mol. The Balaban J connectivity index is 1.12. The number of para-hydroxylation sites is 3. The lowest BCUT2D eigenvalue weighted by molar-refractivity contribution is 0.661. The lowest BCUT2D eigenvalue weighted by Gasteiger charge is -2.21. The number of rotatable bonds is 3. The van der Waals surface area contributed by atoms with Crippen molar-refractivity contribution in [2.24, 2.45) is 0 Å². The van der Waals surface area contributed by atoms with Crippen molar-refractivity contribution in [1.82, 2.24) is 9.13 Å². The van der Waals surface area contributed by atoms with Gasteiger partial charge in [0.15, 0.2) is 0 Å². The Labute approximate surface area is 311 Å². The van der Waals surface area contributed by atoms with Gasteiger partial charge in [-0.3, -0.25) is 0 Å². The van der Waals surface area contributed by atoms with Crippen LogP contribution in [0, 0.1) is 0 Å². The maximum Gasteiger partial charge on any atom is 0.136 e. The fourth-order valence-corrected chi connectivity index (χ4v) is 9.63.